The number of likely N-dealkylation sites (N-methyl/N-ethyl adjacent to an activating group) is 1. The highest BCUT2D eigenvalue weighted by molar-refractivity contribution is 5.76. The van der Waals surface area contributed by atoms with Gasteiger partial charge in [-0.25, -0.2) is 0 Å². The molecule has 2 N–H and O–H groups in total. The molecule has 1 fully saturated rings. The Kier molecular flexibility index (Phi) is 3.97. The van der Waals surface area contributed by atoms with Crippen molar-refractivity contribution in [2.75, 3.05) is 26.7 Å². The van der Waals surface area contributed by atoms with Crippen molar-refractivity contribution < 1.29 is 9.90 Å². The molecule has 1 heterocycles. The second kappa shape index (κ2) is 4.72. The topological polar surface area (TPSA) is 52.6 Å². The quantitative estimate of drug-likeness (QED) is 0.744. The number of aliphatic hydroxyl groups is 1. The summed E-state index contributed by atoms with van der Waals surface area (Å²) >= 11 is 0. The van der Waals surface area contributed by atoms with Crippen LogP contribution in [-0.4, -0.2) is 48.2 Å². The average molecular weight is 228 g/mol. The molecule has 0 aliphatic carbocycles. The van der Waals surface area contributed by atoms with Crippen molar-refractivity contribution in [3.8, 4) is 0 Å². The van der Waals surface area contributed by atoms with Gasteiger partial charge in [-0.2, -0.15) is 0 Å². The predicted octanol–water partition coefficient (Wildman–Crippen LogP) is 0.605. The van der Waals surface area contributed by atoms with Crippen LogP contribution in [0.2, 0.25) is 0 Å². The molecule has 1 rings (SSSR count). The van der Waals surface area contributed by atoms with Crippen molar-refractivity contribution >= 4 is 5.91 Å². The molecule has 4 nitrogen and oxygen atoms in total. The van der Waals surface area contributed by atoms with Gasteiger partial charge < -0.3 is 15.3 Å². The van der Waals surface area contributed by atoms with E-state index in [2.05, 4.69) is 5.32 Å². The van der Waals surface area contributed by atoms with E-state index in [0.29, 0.717) is 19.5 Å². The second-order valence-corrected chi connectivity index (χ2v) is 6.14. The van der Waals surface area contributed by atoms with Crippen LogP contribution in [0.3, 0.4) is 0 Å². The van der Waals surface area contributed by atoms with E-state index in [1.54, 1.807) is 11.9 Å². The lowest BCUT2D eigenvalue weighted by Gasteiger charge is -2.30. The molecule has 1 saturated heterocycles. The van der Waals surface area contributed by atoms with Gasteiger partial charge in [-0.3, -0.25) is 4.79 Å². The molecule has 4 heteroatoms. The van der Waals surface area contributed by atoms with Crippen LogP contribution in [0.5, 0.6) is 0 Å². The Morgan fingerprint density at radius 1 is 1.50 bits per heavy atom. The van der Waals surface area contributed by atoms with Crippen LogP contribution in [0.15, 0.2) is 0 Å². The molecule has 0 spiro atoms. The van der Waals surface area contributed by atoms with Crippen LogP contribution in [-0.2, 0) is 4.79 Å². The summed E-state index contributed by atoms with van der Waals surface area (Å²) in [5, 5.41) is 13.3. The third kappa shape index (κ3) is 4.10. The van der Waals surface area contributed by atoms with Gasteiger partial charge in [0.25, 0.3) is 0 Å². The minimum Gasteiger partial charge on any atom is -0.387 e. The molecule has 0 saturated carbocycles. The Labute approximate surface area is 98.0 Å². The van der Waals surface area contributed by atoms with Crippen molar-refractivity contribution in [3.05, 3.63) is 0 Å². The van der Waals surface area contributed by atoms with Crippen molar-refractivity contribution in [2.24, 2.45) is 5.41 Å². The highest BCUT2D eigenvalue weighted by atomic mass is 16.3. The zero-order chi connectivity index (χ0) is 12.4. The van der Waals surface area contributed by atoms with Crippen LogP contribution in [0.1, 0.15) is 33.6 Å². The summed E-state index contributed by atoms with van der Waals surface area (Å²) in [7, 11) is 1.77. The summed E-state index contributed by atoms with van der Waals surface area (Å²) < 4.78 is 0. The zero-order valence-corrected chi connectivity index (χ0v) is 10.8. The normalized spacial score (nSPS) is 25.8. The first-order valence-electron chi connectivity index (χ1n) is 5.89. The number of carbonyl (C=O) groups is 1. The van der Waals surface area contributed by atoms with E-state index in [1.165, 1.54) is 0 Å². The minimum absolute atomic E-state index is 0.00187. The molecule has 94 valence electrons. The van der Waals surface area contributed by atoms with Gasteiger partial charge >= 0.3 is 0 Å². The van der Waals surface area contributed by atoms with Crippen LogP contribution < -0.4 is 5.32 Å². The molecule has 1 amide bonds. The van der Waals surface area contributed by atoms with Crippen LogP contribution in [0.4, 0.5) is 0 Å². The van der Waals surface area contributed by atoms with E-state index in [-0.39, 0.29) is 11.3 Å². The number of nitrogens with one attached hydrogen (secondary N) is 1. The molecular weight excluding hydrogens is 204 g/mol. The lowest BCUT2D eigenvalue weighted by Crippen LogP contribution is -2.45. The summed E-state index contributed by atoms with van der Waals surface area (Å²) in [6.07, 6.45) is 1.24. The summed E-state index contributed by atoms with van der Waals surface area (Å²) in [6, 6.07) is 0. The monoisotopic (exact) mass is 228 g/mol. The number of carbonyl (C=O) groups excluding carboxylic acids is 1. The summed E-state index contributed by atoms with van der Waals surface area (Å²) in [5.41, 5.74) is -0.732. The second-order valence-electron chi connectivity index (χ2n) is 6.14. The fraction of sp³-hybridized carbons (Fsp3) is 0.917. The molecule has 0 aromatic heterocycles. The fourth-order valence-corrected chi connectivity index (χ4v) is 1.98. The summed E-state index contributed by atoms with van der Waals surface area (Å²) in [6.45, 7) is 7.98. The van der Waals surface area contributed by atoms with Gasteiger partial charge in [0.2, 0.25) is 5.91 Å². The van der Waals surface area contributed by atoms with Crippen LogP contribution >= 0.6 is 0 Å². The maximum Gasteiger partial charge on any atom is 0.222 e. The molecule has 1 unspecified atom stereocenters. The highest BCUT2D eigenvalue weighted by Crippen LogP contribution is 2.21. The molecule has 0 aromatic carbocycles. The fourth-order valence-electron chi connectivity index (χ4n) is 1.98. The van der Waals surface area contributed by atoms with Gasteiger partial charge in [-0.05, 0) is 18.4 Å². The standard InChI is InChI=1S/C12H24N2O2/c1-11(2,3)7-10(15)14(4)9-12(16)5-6-13-8-12/h13,16H,5-9H2,1-4H3. The number of nitrogens with zero attached hydrogens (tertiary/aromatic N) is 1. The molecule has 1 aliphatic rings. The SMILES string of the molecule is CN(CC1(O)CCNC1)C(=O)CC(C)(C)C. The third-order valence-electron chi connectivity index (χ3n) is 2.86. The zero-order valence-electron chi connectivity index (χ0n) is 10.8. The number of β-amino-alcohol motifs (C(OH)–C–C–N with tert-alkyl or cyclic N) is 1. The van der Waals surface area contributed by atoms with E-state index in [1.807, 2.05) is 20.8 Å². The minimum atomic E-state index is -0.734. The third-order valence-corrected chi connectivity index (χ3v) is 2.86. The largest absolute Gasteiger partial charge is 0.387 e. The first-order valence-corrected chi connectivity index (χ1v) is 5.89. The summed E-state index contributed by atoms with van der Waals surface area (Å²) in [4.78, 5) is 13.5. The van der Waals surface area contributed by atoms with Crippen molar-refractivity contribution in [1.82, 2.24) is 10.2 Å². The summed E-state index contributed by atoms with van der Waals surface area (Å²) in [5.74, 6) is 0.104. The first-order chi connectivity index (χ1) is 7.22. The Bertz CT molecular complexity index is 252. The van der Waals surface area contributed by atoms with Crippen molar-refractivity contribution in [1.29, 1.82) is 0 Å². The van der Waals surface area contributed by atoms with E-state index < -0.39 is 5.60 Å². The van der Waals surface area contributed by atoms with E-state index in [0.717, 1.165) is 13.0 Å². The lowest BCUT2D eigenvalue weighted by molar-refractivity contribution is -0.134. The Morgan fingerprint density at radius 2 is 2.12 bits per heavy atom. The molecule has 0 aromatic rings. The first kappa shape index (κ1) is 13.5. The maximum atomic E-state index is 11.9. The smallest absolute Gasteiger partial charge is 0.222 e. The number of amides is 1. The lowest BCUT2D eigenvalue weighted by atomic mass is 9.91. The number of hydrogen-bond acceptors (Lipinski definition) is 3. The molecular formula is C12H24N2O2. The molecule has 1 aliphatic heterocycles. The number of hydrogen-bond donors (Lipinski definition) is 2. The van der Waals surface area contributed by atoms with E-state index in [9.17, 15) is 9.90 Å². The molecule has 0 radical (unpaired) electrons. The number of rotatable bonds is 3. The van der Waals surface area contributed by atoms with E-state index >= 15 is 0 Å². The van der Waals surface area contributed by atoms with Gasteiger partial charge in [0, 0.05) is 20.0 Å². The van der Waals surface area contributed by atoms with Gasteiger partial charge in [-0.1, -0.05) is 20.8 Å². The van der Waals surface area contributed by atoms with Crippen LogP contribution in [0.25, 0.3) is 0 Å². The molecule has 0 bridgehead atoms. The van der Waals surface area contributed by atoms with Crippen molar-refractivity contribution in [3.63, 3.8) is 0 Å². The molecule has 16 heavy (non-hydrogen) atoms. The predicted molar refractivity (Wildman–Crippen MR) is 64.1 cm³/mol. The van der Waals surface area contributed by atoms with Crippen LogP contribution in [0, 0.1) is 5.41 Å². The maximum absolute atomic E-state index is 11.9. The van der Waals surface area contributed by atoms with Gasteiger partial charge in [0.05, 0.1) is 12.1 Å². The average Bonchev–Trinajstić information content (AvgIpc) is 2.48. The highest BCUT2D eigenvalue weighted by Gasteiger charge is 2.33. The van der Waals surface area contributed by atoms with Gasteiger partial charge in [0.1, 0.15) is 0 Å². The Morgan fingerprint density at radius 3 is 2.56 bits per heavy atom. The Balaban J connectivity index is 2.45. The van der Waals surface area contributed by atoms with E-state index in [4.69, 9.17) is 0 Å². The van der Waals surface area contributed by atoms with Gasteiger partial charge in [-0.15, -0.1) is 0 Å². The van der Waals surface area contributed by atoms with Crippen molar-refractivity contribution in [2.45, 2.75) is 39.2 Å². The van der Waals surface area contributed by atoms with Gasteiger partial charge in [0.15, 0.2) is 0 Å². The molecule has 1 atom stereocenters. The Hall–Kier alpha value is -0.610.